The van der Waals surface area contributed by atoms with Gasteiger partial charge in [-0.1, -0.05) is 11.8 Å². The van der Waals surface area contributed by atoms with Gasteiger partial charge in [-0.2, -0.15) is 0 Å². The SMILES string of the molecule is Cc1cc(C#CCN2CCOCC2)ccc1N. The lowest BCUT2D eigenvalue weighted by atomic mass is 10.1. The van der Waals surface area contributed by atoms with E-state index in [0.717, 1.165) is 49.7 Å². The Morgan fingerprint density at radius 3 is 2.82 bits per heavy atom. The molecular formula is C14H18N2O. The molecule has 0 atom stereocenters. The van der Waals surface area contributed by atoms with E-state index < -0.39 is 0 Å². The van der Waals surface area contributed by atoms with Crippen molar-refractivity contribution in [1.82, 2.24) is 4.90 Å². The molecule has 17 heavy (non-hydrogen) atoms. The Labute approximate surface area is 103 Å². The van der Waals surface area contributed by atoms with Crippen molar-refractivity contribution in [2.45, 2.75) is 6.92 Å². The number of aryl methyl sites for hydroxylation is 1. The summed E-state index contributed by atoms with van der Waals surface area (Å²) in [5.41, 5.74) is 8.71. The number of rotatable bonds is 1. The second kappa shape index (κ2) is 5.72. The number of morpholine rings is 1. The molecule has 0 aliphatic carbocycles. The van der Waals surface area contributed by atoms with E-state index in [-0.39, 0.29) is 0 Å². The Bertz CT molecular complexity index is 439. The van der Waals surface area contributed by atoms with E-state index in [0.29, 0.717) is 0 Å². The third kappa shape index (κ3) is 3.48. The molecule has 1 aromatic carbocycles. The van der Waals surface area contributed by atoms with Crippen LogP contribution < -0.4 is 5.73 Å². The fraction of sp³-hybridized carbons (Fsp3) is 0.429. The predicted molar refractivity (Wildman–Crippen MR) is 69.7 cm³/mol. The zero-order valence-corrected chi connectivity index (χ0v) is 10.2. The van der Waals surface area contributed by atoms with Crippen LogP contribution in [0.5, 0.6) is 0 Å². The first-order chi connectivity index (χ1) is 8.25. The van der Waals surface area contributed by atoms with E-state index in [4.69, 9.17) is 10.5 Å². The van der Waals surface area contributed by atoms with Gasteiger partial charge in [-0.05, 0) is 30.7 Å². The number of nitrogens with zero attached hydrogens (tertiary/aromatic N) is 1. The maximum Gasteiger partial charge on any atom is 0.0606 e. The van der Waals surface area contributed by atoms with E-state index in [9.17, 15) is 0 Å². The van der Waals surface area contributed by atoms with Gasteiger partial charge in [0.1, 0.15) is 0 Å². The van der Waals surface area contributed by atoms with Crippen molar-refractivity contribution in [2.75, 3.05) is 38.6 Å². The molecule has 0 unspecified atom stereocenters. The number of hydrogen-bond acceptors (Lipinski definition) is 3. The van der Waals surface area contributed by atoms with Crippen molar-refractivity contribution < 1.29 is 4.74 Å². The summed E-state index contributed by atoms with van der Waals surface area (Å²) in [6.45, 7) is 6.42. The Hall–Kier alpha value is -1.50. The molecule has 0 saturated carbocycles. The highest BCUT2D eigenvalue weighted by Crippen LogP contribution is 2.11. The Balaban J connectivity index is 1.93. The standard InChI is InChI=1S/C14H18N2O/c1-12-11-13(4-5-14(12)15)3-2-6-16-7-9-17-10-8-16/h4-5,11H,6-10,15H2,1H3. The van der Waals surface area contributed by atoms with Crippen LogP contribution in [0, 0.1) is 18.8 Å². The van der Waals surface area contributed by atoms with Gasteiger partial charge in [0.15, 0.2) is 0 Å². The van der Waals surface area contributed by atoms with Crippen LogP contribution in [0.1, 0.15) is 11.1 Å². The van der Waals surface area contributed by atoms with Crippen LogP contribution in [0.15, 0.2) is 18.2 Å². The van der Waals surface area contributed by atoms with Crippen molar-refractivity contribution >= 4 is 5.69 Å². The molecule has 2 N–H and O–H groups in total. The summed E-state index contributed by atoms with van der Waals surface area (Å²) in [4.78, 5) is 2.31. The summed E-state index contributed by atoms with van der Waals surface area (Å²) >= 11 is 0. The Kier molecular flexibility index (Phi) is 4.03. The molecule has 0 radical (unpaired) electrons. The molecule has 0 spiro atoms. The van der Waals surface area contributed by atoms with E-state index in [1.165, 1.54) is 0 Å². The maximum absolute atomic E-state index is 5.76. The molecule has 3 nitrogen and oxygen atoms in total. The van der Waals surface area contributed by atoms with Crippen molar-refractivity contribution in [2.24, 2.45) is 0 Å². The quantitative estimate of drug-likeness (QED) is 0.583. The van der Waals surface area contributed by atoms with Crippen LogP contribution in [-0.4, -0.2) is 37.7 Å². The molecule has 1 saturated heterocycles. The lowest BCUT2D eigenvalue weighted by Gasteiger charge is -2.24. The summed E-state index contributed by atoms with van der Waals surface area (Å²) in [5, 5.41) is 0. The highest BCUT2D eigenvalue weighted by Gasteiger charge is 2.07. The number of benzene rings is 1. The molecule has 1 aromatic rings. The molecule has 3 heteroatoms. The van der Waals surface area contributed by atoms with Gasteiger partial charge >= 0.3 is 0 Å². The first-order valence-corrected chi connectivity index (χ1v) is 5.91. The molecule has 90 valence electrons. The van der Waals surface area contributed by atoms with Crippen LogP contribution in [0.25, 0.3) is 0 Å². The van der Waals surface area contributed by atoms with Crippen LogP contribution >= 0.6 is 0 Å². The topological polar surface area (TPSA) is 38.5 Å². The van der Waals surface area contributed by atoms with Crippen LogP contribution in [0.2, 0.25) is 0 Å². The minimum absolute atomic E-state index is 0.812. The second-order valence-corrected chi connectivity index (χ2v) is 4.26. The van der Waals surface area contributed by atoms with Crippen molar-refractivity contribution in [1.29, 1.82) is 0 Å². The summed E-state index contributed by atoms with van der Waals surface area (Å²) < 4.78 is 5.29. The molecule has 1 aliphatic heterocycles. The number of nitrogens with two attached hydrogens (primary N) is 1. The summed E-state index contributed by atoms with van der Waals surface area (Å²) in [5.74, 6) is 6.37. The Morgan fingerprint density at radius 2 is 2.12 bits per heavy atom. The van der Waals surface area contributed by atoms with Crippen LogP contribution in [-0.2, 0) is 4.74 Å². The van der Waals surface area contributed by atoms with Gasteiger partial charge in [0.2, 0.25) is 0 Å². The van der Waals surface area contributed by atoms with Gasteiger partial charge in [0.25, 0.3) is 0 Å². The van der Waals surface area contributed by atoms with E-state index in [1.807, 2.05) is 25.1 Å². The first-order valence-electron chi connectivity index (χ1n) is 5.91. The molecule has 1 aliphatic rings. The maximum atomic E-state index is 5.76. The molecule has 1 heterocycles. The minimum atomic E-state index is 0.812. The highest BCUT2D eigenvalue weighted by atomic mass is 16.5. The highest BCUT2D eigenvalue weighted by molar-refractivity contribution is 5.51. The van der Waals surface area contributed by atoms with Gasteiger partial charge in [-0.25, -0.2) is 0 Å². The molecule has 0 amide bonds. The average Bonchev–Trinajstić information content (AvgIpc) is 2.35. The fourth-order valence-electron chi connectivity index (χ4n) is 1.77. The lowest BCUT2D eigenvalue weighted by molar-refractivity contribution is 0.0443. The van der Waals surface area contributed by atoms with Gasteiger partial charge in [0.05, 0.1) is 19.8 Å². The molecule has 0 aromatic heterocycles. The number of anilines is 1. The monoisotopic (exact) mass is 230 g/mol. The van der Waals surface area contributed by atoms with Gasteiger partial charge in [0, 0.05) is 24.3 Å². The first kappa shape index (κ1) is 12.0. The van der Waals surface area contributed by atoms with Gasteiger partial charge in [-0.3, -0.25) is 4.90 Å². The molecule has 1 fully saturated rings. The largest absolute Gasteiger partial charge is 0.399 e. The van der Waals surface area contributed by atoms with Crippen LogP contribution in [0.3, 0.4) is 0 Å². The average molecular weight is 230 g/mol. The summed E-state index contributed by atoms with van der Waals surface area (Å²) in [6.07, 6.45) is 0. The summed E-state index contributed by atoms with van der Waals surface area (Å²) in [7, 11) is 0. The van der Waals surface area contributed by atoms with E-state index >= 15 is 0 Å². The summed E-state index contributed by atoms with van der Waals surface area (Å²) in [6, 6.07) is 5.91. The Morgan fingerprint density at radius 1 is 1.35 bits per heavy atom. The van der Waals surface area contributed by atoms with Gasteiger partial charge < -0.3 is 10.5 Å². The number of hydrogen-bond donors (Lipinski definition) is 1. The molecule has 2 rings (SSSR count). The molecular weight excluding hydrogens is 212 g/mol. The van der Waals surface area contributed by atoms with Crippen molar-refractivity contribution in [3.05, 3.63) is 29.3 Å². The molecule has 0 bridgehead atoms. The number of nitrogen functional groups attached to an aromatic ring is 1. The van der Waals surface area contributed by atoms with E-state index in [2.05, 4.69) is 16.7 Å². The minimum Gasteiger partial charge on any atom is -0.399 e. The predicted octanol–water partition coefficient (Wildman–Crippen LogP) is 1.26. The van der Waals surface area contributed by atoms with Gasteiger partial charge in [-0.15, -0.1) is 0 Å². The zero-order valence-electron chi connectivity index (χ0n) is 10.2. The van der Waals surface area contributed by atoms with E-state index in [1.54, 1.807) is 0 Å². The van der Waals surface area contributed by atoms with Crippen molar-refractivity contribution in [3.8, 4) is 11.8 Å². The lowest BCUT2D eigenvalue weighted by Crippen LogP contribution is -2.36. The third-order valence-corrected chi connectivity index (χ3v) is 2.91. The number of ether oxygens (including phenoxy) is 1. The zero-order chi connectivity index (χ0) is 12.1. The smallest absolute Gasteiger partial charge is 0.0606 e. The van der Waals surface area contributed by atoms with Crippen molar-refractivity contribution in [3.63, 3.8) is 0 Å². The van der Waals surface area contributed by atoms with Crippen LogP contribution in [0.4, 0.5) is 5.69 Å². The normalized spacial score (nSPS) is 16.3. The second-order valence-electron chi connectivity index (χ2n) is 4.26. The fourth-order valence-corrected chi connectivity index (χ4v) is 1.77. The third-order valence-electron chi connectivity index (χ3n) is 2.91.